The average molecular weight is 645 g/mol. The van der Waals surface area contributed by atoms with Crippen molar-refractivity contribution < 1.29 is 22.7 Å². The first-order valence-corrected chi connectivity index (χ1v) is 16.2. The van der Waals surface area contributed by atoms with Gasteiger partial charge in [0.1, 0.15) is 18.3 Å². The summed E-state index contributed by atoms with van der Waals surface area (Å²) < 4.78 is 33.2. The summed E-state index contributed by atoms with van der Waals surface area (Å²) in [5.74, 6) is 0.0192. The molecule has 0 spiro atoms. The van der Waals surface area contributed by atoms with Gasteiger partial charge in [-0.05, 0) is 60.4 Å². The molecule has 10 heteroatoms. The van der Waals surface area contributed by atoms with E-state index in [4.69, 9.17) is 4.74 Å². The molecule has 0 fully saturated rings. The van der Waals surface area contributed by atoms with Crippen LogP contribution < -0.4 is 14.4 Å². The Labute approximate surface area is 251 Å². The van der Waals surface area contributed by atoms with E-state index in [1.807, 2.05) is 75.4 Å². The van der Waals surface area contributed by atoms with E-state index in [0.717, 1.165) is 26.2 Å². The molecule has 2 amide bonds. The zero-order chi connectivity index (χ0) is 30.0. The zero-order valence-corrected chi connectivity index (χ0v) is 26.3. The topological polar surface area (TPSA) is 96.0 Å². The monoisotopic (exact) mass is 643 g/mol. The fraction of sp³-hybridized carbons (Fsp3) is 0.355. The van der Waals surface area contributed by atoms with E-state index in [1.54, 1.807) is 24.3 Å². The molecule has 3 rings (SSSR count). The zero-order valence-electron chi connectivity index (χ0n) is 23.9. The molecule has 41 heavy (non-hydrogen) atoms. The quantitative estimate of drug-likeness (QED) is 0.266. The molecule has 0 radical (unpaired) electrons. The van der Waals surface area contributed by atoms with Gasteiger partial charge < -0.3 is 15.0 Å². The van der Waals surface area contributed by atoms with Gasteiger partial charge in [0.15, 0.2) is 0 Å². The third kappa shape index (κ3) is 9.89. The van der Waals surface area contributed by atoms with E-state index < -0.39 is 28.5 Å². The minimum atomic E-state index is -3.84. The summed E-state index contributed by atoms with van der Waals surface area (Å²) in [5, 5.41) is 2.98. The van der Waals surface area contributed by atoms with E-state index in [2.05, 4.69) is 21.2 Å². The van der Waals surface area contributed by atoms with E-state index >= 15 is 0 Å². The molecule has 0 unspecified atom stereocenters. The fourth-order valence-corrected chi connectivity index (χ4v) is 5.59. The van der Waals surface area contributed by atoms with Gasteiger partial charge in [0.05, 0.1) is 18.6 Å². The van der Waals surface area contributed by atoms with Crippen molar-refractivity contribution in [3.8, 4) is 5.75 Å². The van der Waals surface area contributed by atoms with Gasteiger partial charge in [0.2, 0.25) is 21.8 Å². The van der Waals surface area contributed by atoms with Crippen molar-refractivity contribution in [3.63, 3.8) is 0 Å². The first-order valence-electron chi connectivity index (χ1n) is 13.5. The Balaban J connectivity index is 2.02. The number of amides is 2. The molecule has 220 valence electrons. The van der Waals surface area contributed by atoms with Crippen LogP contribution in [0.25, 0.3) is 0 Å². The van der Waals surface area contributed by atoms with Gasteiger partial charge in [-0.25, -0.2) is 8.42 Å². The van der Waals surface area contributed by atoms with E-state index in [1.165, 1.54) is 4.90 Å². The van der Waals surface area contributed by atoms with E-state index in [9.17, 15) is 18.0 Å². The van der Waals surface area contributed by atoms with Gasteiger partial charge in [-0.3, -0.25) is 13.9 Å². The summed E-state index contributed by atoms with van der Waals surface area (Å²) in [6.07, 6.45) is 1.33. The third-order valence-electron chi connectivity index (χ3n) is 6.31. The van der Waals surface area contributed by atoms with E-state index in [-0.39, 0.29) is 24.8 Å². The minimum Gasteiger partial charge on any atom is -0.494 e. The van der Waals surface area contributed by atoms with Crippen molar-refractivity contribution >= 4 is 43.5 Å². The van der Waals surface area contributed by atoms with Crippen molar-refractivity contribution in [1.82, 2.24) is 10.2 Å². The van der Waals surface area contributed by atoms with Crippen LogP contribution in [0.15, 0.2) is 83.3 Å². The van der Waals surface area contributed by atoms with Crippen molar-refractivity contribution in [2.45, 2.75) is 39.8 Å². The van der Waals surface area contributed by atoms with Crippen LogP contribution in [0.2, 0.25) is 0 Å². The van der Waals surface area contributed by atoms with Crippen molar-refractivity contribution in [3.05, 3.63) is 94.5 Å². The van der Waals surface area contributed by atoms with Crippen molar-refractivity contribution in [2.24, 2.45) is 5.92 Å². The second-order valence-electron chi connectivity index (χ2n) is 10.2. The highest BCUT2D eigenvalue weighted by Crippen LogP contribution is 2.23. The lowest BCUT2D eigenvalue weighted by Gasteiger charge is -2.33. The predicted octanol–water partition coefficient (Wildman–Crippen LogP) is 5.03. The number of hydrogen-bond donors (Lipinski definition) is 1. The smallest absolute Gasteiger partial charge is 0.244 e. The highest BCUT2D eigenvalue weighted by atomic mass is 79.9. The maximum atomic E-state index is 14.1. The second-order valence-corrected chi connectivity index (χ2v) is 13.0. The van der Waals surface area contributed by atoms with Crippen LogP contribution in [0.4, 0.5) is 5.69 Å². The number of anilines is 1. The maximum absolute atomic E-state index is 14.1. The molecule has 0 aliphatic rings. The highest BCUT2D eigenvalue weighted by molar-refractivity contribution is 9.10. The molecule has 0 aliphatic heterocycles. The van der Waals surface area contributed by atoms with Crippen molar-refractivity contribution in [2.75, 3.05) is 30.3 Å². The molecule has 0 heterocycles. The maximum Gasteiger partial charge on any atom is 0.244 e. The van der Waals surface area contributed by atoms with Gasteiger partial charge in [0, 0.05) is 24.0 Å². The van der Waals surface area contributed by atoms with Crippen LogP contribution >= 0.6 is 15.9 Å². The number of hydrogen-bond acceptors (Lipinski definition) is 5. The van der Waals surface area contributed by atoms with Crippen molar-refractivity contribution in [1.29, 1.82) is 0 Å². The number of benzene rings is 3. The van der Waals surface area contributed by atoms with Gasteiger partial charge >= 0.3 is 0 Å². The van der Waals surface area contributed by atoms with Gasteiger partial charge in [-0.2, -0.15) is 0 Å². The van der Waals surface area contributed by atoms with Gasteiger partial charge in [0.25, 0.3) is 0 Å². The summed E-state index contributed by atoms with van der Waals surface area (Å²) in [6, 6.07) is 22.6. The number of carbonyl (C=O) groups is 2. The molecule has 0 aliphatic carbocycles. The minimum absolute atomic E-state index is 0.117. The Kier molecular flexibility index (Phi) is 11.8. The molecule has 0 saturated heterocycles. The number of nitrogens with one attached hydrogen (secondary N) is 1. The summed E-state index contributed by atoms with van der Waals surface area (Å²) in [7, 11) is -3.84. The van der Waals surface area contributed by atoms with E-state index in [0.29, 0.717) is 24.6 Å². The third-order valence-corrected chi connectivity index (χ3v) is 7.95. The number of ether oxygens (including phenoxy) is 1. The second kappa shape index (κ2) is 15.0. The SMILES string of the molecule is CCOc1ccc(N(CC(=O)N(Cc2cccc(Br)c2)[C@H](Cc2ccccc2)C(=O)NCC(C)C)S(C)(=O)=O)cc1. The molecular weight excluding hydrogens is 606 g/mol. The first-order chi connectivity index (χ1) is 19.5. The van der Waals surface area contributed by atoms with Crippen LogP contribution in [-0.4, -0.2) is 57.1 Å². The average Bonchev–Trinajstić information content (AvgIpc) is 2.93. The number of rotatable bonds is 14. The molecule has 1 N–H and O–H groups in total. The molecule has 8 nitrogen and oxygen atoms in total. The van der Waals surface area contributed by atoms with Crippen LogP contribution in [0, 0.1) is 5.92 Å². The van der Waals surface area contributed by atoms with Crippen LogP contribution in [-0.2, 0) is 32.6 Å². The molecule has 0 aromatic heterocycles. The predicted molar refractivity (Wildman–Crippen MR) is 166 cm³/mol. The van der Waals surface area contributed by atoms with Gasteiger partial charge in [-0.1, -0.05) is 72.2 Å². The lowest BCUT2D eigenvalue weighted by atomic mass is 10.0. The fourth-order valence-electron chi connectivity index (χ4n) is 4.30. The lowest BCUT2D eigenvalue weighted by Crippen LogP contribution is -2.53. The largest absolute Gasteiger partial charge is 0.494 e. The molecule has 3 aromatic carbocycles. The number of halogens is 1. The Bertz CT molecular complexity index is 1400. The van der Waals surface area contributed by atoms with Crippen LogP contribution in [0.5, 0.6) is 5.75 Å². The standard InChI is InChI=1S/C31H38BrN3O5S/c1-5-40-28-16-14-27(15-17-28)35(41(4,38)39)22-30(36)34(21-25-12-9-13-26(32)18-25)29(31(37)33-20-23(2)3)19-24-10-7-6-8-11-24/h6-18,23,29H,5,19-22H2,1-4H3,(H,33,37)/t29-/m1/s1. The summed E-state index contributed by atoms with van der Waals surface area (Å²) >= 11 is 3.48. The highest BCUT2D eigenvalue weighted by Gasteiger charge is 2.33. The molecule has 1 atom stereocenters. The lowest BCUT2D eigenvalue weighted by molar-refractivity contribution is -0.140. The first kappa shape index (κ1) is 32.1. The van der Waals surface area contributed by atoms with Crippen LogP contribution in [0.3, 0.4) is 0 Å². The molecular formula is C31H38BrN3O5S. The number of sulfonamides is 1. The molecule has 0 bridgehead atoms. The number of carbonyl (C=O) groups excluding carboxylic acids is 2. The molecule has 0 saturated carbocycles. The Morgan fingerprint density at radius 1 is 0.951 bits per heavy atom. The summed E-state index contributed by atoms with van der Waals surface area (Å²) in [6.45, 7) is 6.42. The normalized spacial score (nSPS) is 12.0. The Hall–Kier alpha value is -3.37. The Morgan fingerprint density at radius 2 is 1.61 bits per heavy atom. The Morgan fingerprint density at radius 3 is 2.20 bits per heavy atom. The summed E-state index contributed by atoms with van der Waals surface area (Å²) in [4.78, 5) is 29.2. The van der Waals surface area contributed by atoms with Gasteiger partial charge in [-0.15, -0.1) is 0 Å². The summed E-state index contributed by atoms with van der Waals surface area (Å²) in [5.41, 5.74) is 2.01. The number of nitrogens with zero attached hydrogens (tertiary/aromatic N) is 2. The van der Waals surface area contributed by atoms with Crippen LogP contribution in [0.1, 0.15) is 31.9 Å². The molecule has 3 aromatic rings.